The van der Waals surface area contributed by atoms with Crippen LogP contribution in [0.25, 0.3) is 0 Å². The summed E-state index contributed by atoms with van der Waals surface area (Å²) in [5, 5.41) is 9.83. The summed E-state index contributed by atoms with van der Waals surface area (Å²) in [5.41, 5.74) is 2.48. The molecule has 0 saturated carbocycles. The second kappa shape index (κ2) is 5.76. The van der Waals surface area contributed by atoms with Crippen LogP contribution in [0.2, 0.25) is 0 Å². The molecule has 2 aromatic rings. The van der Waals surface area contributed by atoms with Crippen molar-refractivity contribution in [1.82, 2.24) is 4.90 Å². The van der Waals surface area contributed by atoms with E-state index in [4.69, 9.17) is 4.74 Å². The van der Waals surface area contributed by atoms with Crippen LogP contribution < -0.4 is 4.74 Å². The number of ether oxygens (including phenoxy) is 1. The van der Waals surface area contributed by atoms with Gasteiger partial charge in [-0.05, 0) is 57.7 Å². The van der Waals surface area contributed by atoms with Crippen molar-refractivity contribution in [2.75, 3.05) is 13.7 Å². The topological polar surface area (TPSA) is 32.7 Å². The zero-order chi connectivity index (χ0) is 14.1. The van der Waals surface area contributed by atoms with Crippen LogP contribution in [0.3, 0.4) is 0 Å². The van der Waals surface area contributed by atoms with E-state index in [1.54, 1.807) is 18.4 Å². The van der Waals surface area contributed by atoms with Crippen LogP contribution in [0, 0.1) is 0 Å². The fourth-order valence-corrected chi connectivity index (χ4v) is 4.11. The second-order valence-electron chi connectivity index (χ2n) is 4.96. The molecule has 0 saturated heterocycles. The molecule has 3 rings (SSSR count). The normalized spacial score (nSPS) is 15.1. The van der Waals surface area contributed by atoms with Crippen LogP contribution in [-0.2, 0) is 19.5 Å². The molecule has 0 amide bonds. The van der Waals surface area contributed by atoms with Gasteiger partial charge < -0.3 is 9.84 Å². The summed E-state index contributed by atoms with van der Waals surface area (Å²) in [5.74, 6) is 0.798. The van der Waals surface area contributed by atoms with E-state index in [-0.39, 0.29) is 5.75 Å². The third-order valence-corrected chi connectivity index (χ3v) is 5.21. The molecule has 0 bridgehead atoms. The number of rotatable bonds is 3. The fourth-order valence-electron chi connectivity index (χ4n) is 2.59. The summed E-state index contributed by atoms with van der Waals surface area (Å²) < 4.78 is 6.37. The van der Waals surface area contributed by atoms with Crippen molar-refractivity contribution in [2.45, 2.75) is 19.5 Å². The van der Waals surface area contributed by atoms with E-state index in [0.29, 0.717) is 5.75 Å². The first-order chi connectivity index (χ1) is 9.65. The highest BCUT2D eigenvalue weighted by Gasteiger charge is 2.19. The molecule has 20 heavy (non-hydrogen) atoms. The molecule has 106 valence electrons. The van der Waals surface area contributed by atoms with Crippen LogP contribution in [0.1, 0.15) is 16.0 Å². The highest BCUT2D eigenvalue weighted by Crippen LogP contribution is 2.33. The highest BCUT2D eigenvalue weighted by atomic mass is 79.9. The molecular weight excluding hydrogens is 338 g/mol. The van der Waals surface area contributed by atoms with E-state index >= 15 is 0 Å². The average molecular weight is 354 g/mol. The highest BCUT2D eigenvalue weighted by molar-refractivity contribution is 9.11. The average Bonchev–Trinajstić information content (AvgIpc) is 2.83. The van der Waals surface area contributed by atoms with Gasteiger partial charge in [0.1, 0.15) is 0 Å². The summed E-state index contributed by atoms with van der Waals surface area (Å²) in [4.78, 5) is 3.79. The molecular formula is C15H16BrNO2S. The molecule has 3 nitrogen and oxygen atoms in total. The number of nitrogens with zero attached hydrogens (tertiary/aromatic N) is 1. The molecule has 2 heterocycles. The Balaban J connectivity index is 1.77. The van der Waals surface area contributed by atoms with Gasteiger partial charge in [0, 0.05) is 24.5 Å². The first-order valence-corrected chi connectivity index (χ1v) is 8.12. The third-order valence-electron chi connectivity index (χ3n) is 3.60. The quantitative estimate of drug-likeness (QED) is 0.911. The minimum Gasteiger partial charge on any atom is -0.504 e. The van der Waals surface area contributed by atoms with Gasteiger partial charge >= 0.3 is 0 Å². The summed E-state index contributed by atoms with van der Waals surface area (Å²) in [7, 11) is 1.59. The SMILES string of the molecule is COc1cc2c(cc1O)CCN(Cc1ccc(Br)s1)C2. The van der Waals surface area contributed by atoms with Gasteiger partial charge in [0.2, 0.25) is 0 Å². The lowest BCUT2D eigenvalue weighted by Crippen LogP contribution is -2.29. The number of phenolic OH excluding ortho intramolecular Hbond substituents is 1. The summed E-state index contributed by atoms with van der Waals surface area (Å²) in [6, 6.07) is 8.06. The lowest BCUT2D eigenvalue weighted by molar-refractivity contribution is 0.246. The number of fused-ring (bicyclic) bond motifs is 1. The maximum absolute atomic E-state index is 9.83. The van der Waals surface area contributed by atoms with Crippen LogP contribution in [-0.4, -0.2) is 23.7 Å². The van der Waals surface area contributed by atoms with E-state index in [1.807, 2.05) is 12.1 Å². The van der Waals surface area contributed by atoms with Gasteiger partial charge in [-0.3, -0.25) is 4.90 Å². The van der Waals surface area contributed by atoms with Crippen molar-refractivity contribution in [2.24, 2.45) is 0 Å². The van der Waals surface area contributed by atoms with Crippen molar-refractivity contribution in [3.63, 3.8) is 0 Å². The van der Waals surface area contributed by atoms with Crippen LogP contribution >= 0.6 is 27.3 Å². The van der Waals surface area contributed by atoms with Gasteiger partial charge in [0.15, 0.2) is 11.5 Å². The largest absolute Gasteiger partial charge is 0.504 e. The number of thiophene rings is 1. The molecule has 1 N–H and O–H groups in total. The van der Waals surface area contributed by atoms with Crippen molar-refractivity contribution in [1.29, 1.82) is 0 Å². The Hall–Kier alpha value is -1.04. The maximum atomic E-state index is 9.83. The summed E-state index contributed by atoms with van der Waals surface area (Å²) >= 11 is 5.29. The zero-order valence-electron chi connectivity index (χ0n) is 11.2. The smallest absolute Gasteiger partial charge is 0.160 e. The van der Waals surface area contributed by atoms with Gasteiger partial charge in [-0.1, -0.05) is 0 Å². The monoisotopic (exact) mass is 353 g/mol. The number of aromatic hydroxyl groups is 1. The number of methoxy groups -OCH3 is 1. The van der Waals surface area contributed by atoms with Crippen LogP contribution in [0.5, 0.6) is 11.5 Å². The first-order valence-electron chi connectivity index (χ1n) is 6.51. The molecule has 5 heteroatoms. The summed E-state index contributed by atoms with van der Waals surface area (Å²) in [6.07, 6.45) is 0.972. The third kappa shape index (κ3) is 2.85. The first kappa shape index (κ1) is 13.9. The van der Waals surface area contributed by atoms with Gasteiger partial charge in [-0.2, -0.15) is 0 Å². The standard InChI is InChI=1S/C15H16BrNO2S/c1-19-14-7-11-8-17(5-4-10(11)6-13(14)18)9-12-2-3-15(16)20-12/h2-3,6-7,18H,4-5,8-9H2,1H3. The molecule has 0 atom stereocenters. The Kier molecular flexibility index (Phi) is 4.01. The molecule has 1 aliphatic rings. The maximum Gasteiger partial charge on any atom is 0.160 e. The Bertz CT molecular complexity index is 626. The van der Waals surface area contributed by atoms with E-state index in [0.717, 1.165) is 26.1 Å². The molecule has 0 unspecified atom stereocenters. The van der Waals surface area contributed by atoms with Crippen LogP contribution in [0.15, 0.2) is 28.1 Å². The lowest BCUT2D eigenvalue weighted by Gasteiger charge is -2.28. The fraction of sp³-hybridized carbons (Fsp3) is 0.333. The predicted octanol–water partition coefficient (Wildman–Crippen LogP) is 3.78. The molecule has 1 aromatic carbocycles. The number of phenols is 1. The van der Waals surface area contributed by atoms with E-state index < -0.39 is 0 Å². The second-order valence-corrected chi connectivity index (χ2v) is 7.51. The Morgan fingerprint density at radius 3 is 2.90 bits per heavy atom. The van der Waals surface area contributed by atoms with Crippen LogP contribution in [0.4, 0.5) is 0 Å². The number of halogens is 1. The van der Waals surface area contributed by atoms with Crippen molar-refractivity contribution in [3.8, 4) is 11.5 Å². The molecule has 0 aliphatic carbocycles. The van der Waals surface area contributed by atoms with E-state index in [1.165, 1.54) is 19.8 Å². The Labute approximate surface area is 130 Å². The molecule has 0 fully saturated rings. The molecule has 1 aromatic heterocycles. The zero-order valence-corrected chi connectivity index (χ0v) is 13.6. The summed E-state index contributed by atoms with van der Waals surface area (Å²) in [6.45, 7) is 2.90. The van der Waals surface area contributed by atoms with Gasteiger partial charge in [0.25, 0.3) is 0 Å². The lowest BCUT2D eigenvalue weighted by atomic mass is 9.99. The Morgan fingerprint density at radius 1 is 1.35 bits per heavy atom. The number of benzene rings is 1. The van der Waals surface area contributed by atoms with Gasteiger partial charge in [-0.15, -0.1) is 11.3 Å². The Morgan fingerprint density at radius 2 is 2.20 bits per heavy atom. The van der Waals surface area contributed by atoms with Crippen molar-refractivity contribution in [3.05, 3.63) is 44.1 Å². The van der Waals surface area contributed by atoms with Crippen molar-refractivity contribution >= 4 is 27.3 Å². The number of hydrogen-bond acceptors (Lipinski definition) is 4. The van der Waals surface area contributed by atoms with Gasteiger partial charge in [0.05, 0.1) is 10.9 Å². The van der Waals surface area contributed by atoms with Crippen molar-refractivity contribution < 1.29 is 9.84 Å². The van der Waals surface area contributed by atoms with E-state index in [9.17, 15) is 5.11 Å². The van der Waals surface area contributed by atoms with E-state index in [2.05, 4.69) is 33.0 Å². The predicted molar refractivity (Wildman–Crippen MR) is 84.5 cm³/mol. The molecule has 1 aliphatic heterocycles. The minimum atomic E-state index is 0.238. The molecule has 0 radical (unpaired) electrons. The number of hydrogen-bond donors (Lipinski definition) is 1. The molecule has 0 spiro atoms. The minimum absolute atomic E-state index is 0.238. The van der Waals surface area contributed by atoms with Gasteiger partial charge in [-0.25, -0.2) is 0 Å².